The number of methoxy groups -OCH3 is 2. The van der Waals surface area contributed by atoms with E-state index in [1.165, 1.54) is 14.2 Å². The molecule has 0 unspecified atom stereocenters. The lowest BCUT2D eigenvalue weighted by atomic mass is 10.1. The summed E-state index contributed by atoms with van der Waals surface area (Å²) in [6.45, 7) is 0. The van der Waals surface area contributed by atoms with Crippen LogP contribution in [0.15, 0.2) is 54.6 Å². The van der Waals surface area contributed by atoms with Gasteiger partial charge in [0.25, 0.3) is 5.91 Å². The van der Waals surface area contributed by atoms with Crippen LogP contribution in [0.2, 0.25) is 0 Å². The lowest BCUT2D eigenvalue weighted by Gasteiger charge is -2.12. The molecule has 0 fully saturated rings. The van der Waals surface area contributed by atoms with Gasteiger partial charge in [0.2, 0.25) is 0 Å². The number of hydrogen-bond donors (Lipinski definition) is 2. The number of para-hydroxylation sites is 1. The van der Waals surface area contributed by atoms with E-state index in [4.69, 9.17) is 14.7 Å². The Hall–Kier alpha value is -4.12. The van der Waals surface area contributed by atoms with Crippen molar-refractivity contribution in [3.63, 3.8) is 0 Å². The van der Waals surface area contributed by atoms with Gasteiger partial charge >= 0.3 is 0 Å². The molecule has 3 aromatic rings. The Kier molecular flexibility index (Phi) is 5.67. The Morgan fingerprint density at radius 1 is 0.929 bits per heavy atom. The topological polar surface area (TPSA) is 109 Å². The number of nitrogens with zero attached hydrogens (tertiary/aromatic N) is 3. The van der Waals surface area contributed by atoms with Crippen LogP contribution in [0.3, 0.4) is 0 Å². The Morgan fingerprint density at radius 2 is 1.57 bits per heavy atom. The molecule has 28 heavy (non-hydrogen) atoms. The maximum Gasteiger partial charge on any atom is 0.264 e. The van der Waals surface area contributed by atoms with Crippen molar-refractivity contribution < 1.29 is 14.3 Å². The quantitative estimate of drug-likeness (QED) is 0.680. The van der Waals surface area contributed by atoms with Crippen LogP contribution in [0.5, 0.6) is 11.5 Å². The van der Waals surface area contributed by atoms with Gasteiger partial charge in [-0.15, -0.1) is 10.2 Å². The van der Waals surface area contributed by atoms with Gasteiger partial charge in [-0.05, 0) is 36.4 Å². The zero-order valence-electron chi connectivity index (χ0n) is 15.3. The van der Waals surface area contributed by atoms with E-state index in [1.807, 2.05) is 6.07 Å². The van der Waals surface area contributed by atoms with Crippen LogP contribution in [0.25, 0.3) is 0 Å². The van der Waals surface area contributed by atoms with Crippen LogP contribution >= 0.6 is 0 Å². The molecular weight excluding hydrogens is 358 g/mol. The third-order valence-corrected chi connectivity index (χ3v) is 3.87. The number of rotatable bonds is 6. The van der Waals surface area contributed by atoms with Crippen molar-refractivity contribution >= 4 is 23.2 Å². The van der Waals surface area contributed by atoms with Crippen LogP contribution in [-0.4, -0.2) is 30.3 Å². The number of anilines is 3. The zero-order chi connectivity index (χ0) is 19.9. The largest absolute Gasteiger partial charge is 0.496 e. The summed E-state index contributed by atoms with van der Waals surface area (Å²) in [4.78, 5) is 12.6. The van der Waals surface area contributed by atoms with E-state index in [9.17, 15) is 4.79 Å². The van der Waals surface area contributed by atoms with Crippen LogP contribution in [0, 0.1) is 11.3 Å². The highest BCUT2D eigenvalue weighted by Gasteiger charge is 2.18. The maximum absolute atomic E-state index is 12.6. The molecule has 8 nitrogen and oxygen atoms in total. The van der Waals surface area contributed by atoms with E-state index >= 15 is 0 Å². The first kappa shape index (κ1) is 18.7. The highest BCUT2D eigenvalue weighted by molar-refractivity contribution is 6.07. The molecule has 1 aromatic heterocycles. The summed E-state index contributed by atoms with van der Waals surface area (Å²) in [6, 6.07) is 17.5. The molecule has 0 radical (unpaired) electrons. The van der Waals surface area contributed by atoms with Gasteiger partial charge < -0.3 is 20.1 Å². The average Bonchev–Trinajstić information content (AvgIpc) is 2.74. The Balaban J connectivity index is 1.76. The number of nitrogens with one attached hydrogen (secondary N) is 2. The maximum atomic E-state index is 12.6. The molecular formula is C20H17N5O3. The van der Waals surface area contributed by atoms with Crippen molar-refractivity contribution in [2.24, 2.45) is 0 Å². The lowest BCUT2D eigenvalue weighted by Crippen LogP contribution is -2.16. The third-order valence-electron chi connectivity index (χ3n) is 3.87. The second-order valence-corrected chi connectivity index (χ2v) is 5.58. The third kappa shape index (κ3) is 3.99. The summed E-state index contributed by atoms with van der Waals surface area (Å²) >= 11 is 0. The first-order valence-electron chi connectivity index (χ1n) is 8.28. The Morgan fingerprint density at radius 3 is 2.18 bits per heavy atom. The fourth-order valence-electron chi connectivity index (χ4n) is 2.55. The molecule has 1 amide bonds. The molecule has 140 valence electrons. The van der Waals surface area contributed by atoms with Gasteiger partial charge in [0.05, 0.1) is 25.5 Å². The van der Waals surface area contributed by atoms with Gasteiger partial charge in [-0.2, -0.15) is 5.26 Å². The number of carbonyl (C=O) groups excluding carboxylic acids is 1. The number of nitriles is 1. The van der Waals surface area contributed by atoms with E-state index in [2.05, 4.69) is 26.9 Å². The van der Waals surface area contributed by atoms with E-state index < -0.39 is 5.91 Å². The lowest BCUT2D eigenvalue weighted by molar-refractivity contribution is 0.102. The fraction of sp³-hybridized carbons (Fsp3) is 0.100. The van der Waals surface area contributed by atoms with Crippen LogP contribution in [0.4, 0.5) is 17.3 Å². The van der Waals surface area contributed by atoms with Crippen LogP contribution in [0.1, 0.15) is 15.9 Å². The number of aromatic nitrogens is 2. The molecule has 0 bridgehead atoms. The van der Waals surface area contributed by atoms with Gasteiger partial charge in [-0.1, -0.05) is 18.2 Å². The molecule has 3 rings (SSSR count). The van der Waals surface area contributed by atoms with E-state index in [0.29, 0.717) is 28.6 Å². The van der Waals surface area contributed by atoms with Crippen molar-refractivity contribution in [3.05, 3.63) is 65.7 Å². The predicted octanol–water partition coefficient (Wildman–Crippen LogP) is 3.36. The van der Waals surface area contributed by atoms with E-state index in [-0.39, 0.29) is 11.4 Å². The minimum Gasteiger partial charge on any atom is -0.496 e. The Bertz CT molecular complexity index is 1010. The number of carbonyl (C=O) groups is 1. The molecule has 0 saturated heterocycles. The standard InChI is InChI=1S/C20H17N5O3/c1-27-15-8-5-9-16(28-2)19(15)20(26)23-18-11-10-17(24-25-18)22-14-7-4-3-6-13(14)12-21/h3-11H,1-2H3,(H,22,24)(H,23,25,26). The summed E-state index contributed by atoms with van der Waals surface area (Å²) in [5.41, 5.74) is 1.37. The second-order valence-electron chi connectivity index (χ2n) is 5.58. The van der Waals surface area contributed by atoms with E-state index in [1.54, 1.807) is 48.5 Å². The van der Waals surface area contributed by atoms with E-state index in [0.717, 1.165) is 0 Å². The molecule has 2 N–H and O–H groups in total. The molecule has 0 aliphatic heterocycles. The summed E-state index contributed by atoms with van der Waals surface area (Å²) in [5.74, 6) is 1.04. The summed E-state index contributed by atoms with van der Waals surface area (Å²) in [7, 11) is 2.95. The minimum absolute atomic E-state index is 0.261. The molecule has 0 saturated carbocycles. The highest BCUT2D eigenvalue weighted by atomic mass is 16.5. The summed E-state index contributed by atoms with van der Waals surface area (Å²) in [5, 5.41) is 22.9. The van der Waals surface area contributed by atoms with Crippen molar-refractivity contribution in [2.45, 2.75) is 0 Å². The number of ether oxygens (including phenoxy) is 2. The smallest absolute Gasteiger partial charge is 0.264 e. The number of amides is 1. The Labute approximate surface area is 161 Å². The first-order chi connectivity index (χ1) is 13.7. The average molecular weight is 375 g/mol. The minimum atomic E-state index is -0.431. The predicted molar refractivity (Wildman–Crippen MR) is 104 cm³/mol. The van der Waals surface area contributed by atoms with Gasteiger partial charge in [0.1, 0.15) is 23.1 Å². The zero-order valence-corrected chi connectivity index (χ0v) is 15.3. The number of hydrogen-bond acceptors (Lipinski definition) is 7. The molecule has 0 aliphatic rings. The first-order valence-corrected chi connectivity index (χ1v) is 8.28. The molecule has 0 atom stereocenters. The molecule has 1 heterocycles. The summed E-state index contributed by atoms with van der Waals surface area (Å²) < 4.78 is 10.5. The van der Waals surface area contributed by atoms with Crippen molar-refractivity contribution in [2.75, 3.05) is 24.9 Å². The molecule has 2 aromatic carbocycles. The van der Waals surface area contributed by atoms with Gasteiger partial charge in [-0.3, -0.25) is 4.79 Å². The van der Waals surface area contributed by atoms with Crippen molar-refractivity contribution in [1.29, 1.82) is 5.26 Å². The van der Waals surface area contributed by atoms with Crippen LogP contribution < -0.4 is 20.1 Å². The molecule has 0 aliphatic carbocycles. The van der Waals surface area contributed by atoms with Gasteiger partial charge in [0.15, 0.2) is 11.6 Å². The van der Waals surface area contributed by atoms with Crippen molar-refractivity contribution in [3.8, 4) is 17.6 Å². The highest BCUT2D eigenvalue weighted by Crippen LogP contribution is 2.29. The number of benzene rings is 2. The molecule has 8 heteroatoms. The normalized spacial score (nSPS) is 9.89. The monoisotopic (exact) mass is 375 g/mol. The molecule has 0 spiro atoms. The van der Waals surface area contributed by atoms with Crippen LogP contribution in [-0.2, 0) is 0 Å². The van der Waals surface area contributed by atoms with Crippen molar-refractivity contribution in [1.82, 2.24) is 10.2 Å². The van der Waals surface area contributed by atoms with Gasteiger partial charge in [0, 0.05) is 0 Å². The second kappa shape index (κ2) is 8.51. The fourth-order valence-corrected chi connectivity index (χ4v) is 2.55. The van der Waals surface area contributed by atoms with Gasteiger partial charge in [-0.25, -0.2) is 0 Å². The summed E-state index contributed by atoms with van der Waals surface area (Å²) in [6.07, 6.45) is 0. The SMILES string of the molecule is COc1cccc(OC)c1C(=O)Nc1ccc(Nc2ccccc2C#N)nn1.